The van der Waals surface area contributed by atoms with Gasteiger partial charge in [0.1, 0.15) is 5.82 Å². The van der Waals surface area contributed by atoms with Crippen molar-refractivity contribution in [1.29, 1.82) is 0 Å². The Morgan fingerprint density at radius 1 is 0.939 bits per heavy atom. The summed E-state index contributed by atoms with van der Waals surface area (Å²) in [6.45, 7) is 0. The number of halogens is 6. The lowest BCUT2D eigenvalue weighted by molar-refractivity contribution is -0.141. The lowest BCUT2D eigenvalue weighted by Gasteiger charge is -2.10. The summed E-state index contributed by atoms with van der Waals surface area (Å²) < 4.78 is 54.4. The van der Waals surface area contributed by atoms with Crippen LogP contribution >= 0.6 is 23.2 Å². The topological polar surface area (TPSA) is 46.9 Å². The first-order chi connectivity index (χ1) is 15.6. The minimum Gasteiger partial charge on any atom is -0.322 e. The molecule has 0 unspecified atom stereocenters. The lowest BCUT2D eigenvalue weighted by Crippen LogP contribution is -2.11. The lowest BCUT2D eigenvalue weighted by atomic mass is 10.1. The second-order valence-corrected chi connectivity index (χ2v) is 7.75. The predicted molar refractivity (Wildman–Crippen MR) is 120 cm³/mol. The maximum absolute atomic E-state index is 13.3. The second kappa shape index (κ2) is 8.88. The number of nitrogens with one attached hydrogen (secondary N) is 1. The number of nitrogens with zero attached hydrogens (tertiary/aromatic N) is 2. The third kappa shape index (κ3) is 4.86. The van der Waals surface area contributed by atoms with E-state index >= 15 is 0 Å². The van der Waals surface area contributed by atoms with E-state index in [1.165, 1.54) is 36.4 Å². The summed E-state index contributed by atoms with van der Waals surface area (Å²) in [6, 6.07) is 16.9. The molecule has 0 saturated carbocycles. The van der Waals surface area contributed by atoms with Crippen LogP contribution in [0.5, 0.6) is 0 Å². The van der Waals surface area contributed by atoms with Gasteiger partial charge in [0.2, 0.25) is 0 Å². The minimum atomic E-state index is -4.66. The van der Waals surface area contributed by atoms with Gasteiger partial charge in [0, 0.05) is 18.2 Å². The molecule has 3 aromatic carbocycles. The van der Waals surface area contributed by atoms with Gasteiger partial charge >= 0.3 is 6.18 Å². The average Bonchev–Trinajstić information content (AvgIpc) is 3.22. The molecule has 0 bridgehead atoms. The highest BCUT2D eigenvalue weighted by Crippen LogP contribution is 2.34. The molecule has 1 amide bonds. The summed E-state index contributed by atoms with van der Waals surface area (Å²) in [6.07, 6.45) is -4.66. The maximum atomic E-state index is 13.3. The normalized spacial score (nSPS) is 11.5. The summed E-state index contributed by atoms with van der Waals surface area (Å²) in [5, 5.41) is 6.37. The van der Waals surface area contributed by atoms with Gasteiger partial charge in [-0.1, -0.05) is 47.5 Å². The van der Waals surface area contributed by atoms with Crippen molar-refractivity contribution in [2.45, 2.75) is 6.18 Å². The molecule has 0 spiro atoms. The van der Waals surface area contributed by atoms with Crippen molar-refractivity contribution in [2.75, 3.05) is 5.32 Å². The van der Waals surface area contributed by atoms with E-state index < -0.39 is 23.6 Å². The first-order valence-electron chi connectivity index (χ1n) is 9.42. The Hall–Kier alpha value is -3.36. The van der Waals surface area contributed by atoms with Gasteiger partial charge in [-0.3, -0.25) is 4.79 Å². The van der Waals surface area contributed by atoms with E-state index in [2.05, 4.69) is 10.4 Å². The van der Waals surface area contributed by atoms with Gasteiger partial charge in [-0.2, -0.15) is 18.3 Å². The van der Waals surface area contributed by atoms with Crippen molar-refractivity contribution >= 4 is 34.8 Å². The largest absolute Gasteiger partial charge is 0.435 e. The van der Waals surface area contributed by atoms with Crippen LogP contribution in [-0.2, 0) is 6.18 Å². The summed E-state index contributed by atoms with van der Waals surface area (Å²) in [7, 11) is 0. The SMILES string of the molecule is O=C(Nc1ccc(F)c(Cl)c1)c1ccc(-c2cc(C(F)(F)F)nn2-c2ccccc2Cl)cc1.[HH]. The van der Waals surface area contributed by atoms with Crippen LogP contribution < -0.4 is 5.32 Å². The van der Waals surface area contributed by atoms with E-state index in [1.807, 2.05) is 0 Å². The van der Waals surface area contributed by atoms with Crippen LogP contribution in [0.3, 0.4) is 0 Å². The van der Waals surface area contributed by atoms with Crippen LogP contribution in [0.1, 0.15) is 17.5 Å². The Morgan fingerprint density at radius 3 is 2.27 bits per heavy atom. The summed E-state index contributed by atoms with van der Waals surface area (Å²) in [4.78, 5) is 12.5. The number of anilines is 1. The Bertz CT molecular complexity index is 1340. The van der Waals surface area contributed by atoms with E-state index in [0.717, 1.165) is 16.8 Å². The van der Waals surface area contributed by atoms with Crippen molar-refractivity contribution < 1.29 is 23.8 Å². The number of rotatable bonds is 4. The second-order valence-electron chi connectivity index (χ2n) is 6.94. The smallest absolute Gasteiger partial charge is 0.322 e. The number of amides is 1. The van der Waals surface area contributed by atoms with Gasteiger partial charge in [0.15, 0.2) is 5.69 Å². The molecule has 1 heterocycles. The predicted octanol–water partition coefficient (Wildman–Crippen LogP) is 7.50. The molecule has 0 radical (unpaired) electrons. The number of para-hydroxylation sites is 1. The van der Waals surface area contributed by atoms with E-state index in [1.54, 1.807) is 24.3 Å². The van der Waals surface area contributed by atoms with Crippen LogP contribution in [0, 0.1) is 5.82 Å². The van der Waals surface area contributed by atoms with Gasteiger partial charge in [-0.05, 0) is 48.5 Å². The van der Waals surface area contributed by atoms with Gasteiger partial charge in [0.05, 0.1) is 21.4 Å². The standard InChI is InChI=1S/C23H13Cl2F4N3O.H2/c24-16-3-1-2-4-19(16)32-20(12-21(31-32)23(27,28)29)13-5-7-14(8-6-13)22(33)30-15-9-10-18(26)17(25)11-15;/h1-12H,(H,30,33);1H. The number of hydrogen-bond donors (Lipinski definition) is 1. The fourth-order valence-electron chi connectivity index (χ4n) is 3.10. The molecule has 1 N–H and O–H groups in total. The molecule has 0 saturated heterocycles. The first-order valence-corrected chi connectivity index (χ1v) is 10.2. The van der Waals surface area contributed by atoms with Crippen molar-refractivity contribution in [3.8, 4) is 16.9 Å². The van der Waals surface area contributed by atoms with Gasteiger partial charge < -0.3 is 5.32 Å². The van der Waals surface area contributed by atoms with Crippen molar-refractivity contribution in [3.05, 3.63) is 99.9 Å². The van der Waals surface area contributed by atoms with Gasteiger partial charge in [-0.25, -0.2) is 9.07 Å². The Morgan fingerprint density at radius 2 is 1.64 bits per heavy atom. The first kappa shape index (κ1) is 22.8. The highest BCUT2D eigenvalue weighted by Gasteiger charge is 2.35. The third-order valence-electron chi connectivity index (χ3n) is 4.70. The fraction of sp³-hybridized carbons (Fsp3) is 0.0435. The van der Waals surface area contributed by atoms with Crippen molar-refractivity contribution in [2.24, 2.45) is 0 Å². The van der Waals surface area contributed by atoms with E-state index in [4.69, 9.17) is 23.2 Å². The molecule has 1 aromatic heterocycles. The molecule has 0 aliphatic rings. The molecular weight excluding hydrogens is 481 g/mol. The van der Waals surface area contributed by atoms with Crippen LogP contribution in [0.15, 0.2) is 72.8 Å². The van der Waals surface area contributed by atoms with Gasteiger partial charge in [0.25, 0.3) is 5.91 Å². The van der Waals surface area contributed by atoms with E-state index in [-0.39, 0.29) is 28.4 Å². The third-order valence-corrected chi connectivity index (χ3v) is 5.31. The zero-order valence-electron chi connectivity index (χ0n) is 16.5. The van der Waals surface area contributed by atoms with Crippen LogP contribution in [0.4, 0.5) is 23.2 Å². The molecule has 4 nitrogen and oxygen atoms in total. The van der Waals surface area contributed by atoms with Gasteiger partial charge in [-0.15, -0.1) is 0 Å². The molecule has 33 heavy (non-hydrogen) atoms. The molecular formula is C23H15Cl2F4N3O. The maximum Gasteiger partial charge on any atom is 0.435 e. The van der Waals surface area contributed by atoms with E-state index in [0.29, 0.717) is 11.3 Å². The van der Waals surface area contributed by atoms with Crippen LogP contribution in [-0.4, -0.2) is 15.7 Å². The number of hydrogen-bond acceptors (Lipinski definition) is 2. The van der Waals surface area contributed by atoms with Crippen molar-refractivity contribution in [1.82, 2.24) is 9.78 Å². The quantitative estimate of drug-likeness (QED) is 0.298. The summed E-state index contributed by atoms with van der Waals surface area (Å²) >= 11 is 11.9. The fourth-order valence-corrected chi connectivity index (χ4v) is 3.50. The molecule has 4 rings (SSSR count). The number of carbonyl (C=O) groups excluding carboxylic acids is 1. The van der Waals surface area contributed by atoms with Crippen LogP contribution in [0.2, 0.25) is 10.0 Å². The minimum absolute atomic E-state index is 0. The molecule has 10 heteroatoms. The molecule has 170 valence electrons. The number of carbonyl (C=O) groups is 1. The zero-order valence-corrected chi connectivity index (χ0v) is 18.0. The monoisotopic (exact) mass is 495 g/mol. The van der Waals surface area contributed by atoms with Crippen LogP contribution in [0.25, 0.3) is 16.9 Å². The molecule has 0 aliphatic carbocycles. The highest BCUT2D eigenvalue weighted by molar-refractivity contribution is 6.32. The Kier molecular flexibility index (Phi) is 6.14. The molecule has 4 aromatic rings. The summed E-state index contributed by atoms with van der Waals surface area (Å²) in [5.41, 5.74) is 0.264. The number of aromatic nitrogens is 2. The van der Waals surface area contributed by atoms with E-state index in [9.17, 15) is 22.4 Å². The zero-order chi connectivity index (χ0) is 23.8. The molecule has 0 aliphatic heterocycles. The Balaban J connectivity index is 0.00000324. The Labute approximate surface area is 196 Å². The number of alkyl halides is 3. The average molecular weight is 496 g/mol. The van der Waals surface area contributed by atoms with Crippen molar-refractivity contribution in [3.63, 3.8) is 0 Å². The number of benzene rings is 3. The summed E-state index contributed by atoms with van der Waals surface area (Å²) in [5.74, 6) is -1.12. The molecule has 0 fully saturated rings. The highest BCUT2D eigenvalue weighted by atomic mass is 35.5. The molecule has 0 atom stereocenters.